The number of ether oxygens (including phenoxy) is 1. The molecule has 3 aliphatic rings. The predicted molar refractivity (Wildman–Crippen MR) is 121 cm³/mol. The van der Waals surface area contributed by atoms with E-state index in [2.05, 4.69) is 57.7 Å². The van der Waals surface area contributed by atoms with E-state index in [1.807, 2.05) is 0 Å². The third kappa shape index (κ3) is 4.69. The highest BCUT2D eigenvalue weighted by atomic mass is 35.5. The first kappa shape index (κ1) is 23.1. The largest absolute Gasteiger partial charge is 0.494 e. The van der Waals surface area contributed by atoms with Gasteiger partial charge in [-0.15, -0.1) is 12.4 Å². The molecule has 1 unspecified atom stereocenters. The van der Waals surface area contributed by atoms with Gasteiger partial charge in [0.15, 0.2) is 0 Å². The summed E-state index contributed by atoms with van der Waals surface area (Å²) in [5, 5.41) is 0. The molecule has 0 bridgehead atoms. The smallest absolute Gasteiger partial charge is 0.399 e. The van der Waals surface area contributed by atoms with Crippen LogP contribution in [0.25, 0.3) is 0 Å². The number of rotatable bonds is 4. The molecule has 4 rings (SSSR count). The summed E-state index contributed by atoms with van der Waals surface area (Å²) in [5.74, 6) is 0.606. The first-order valence-electron chi connectivity index (χ1n) is 11.1. The van der Waals surface area contributed by atoms with Crippen molar-refractivity contribution in [3.8, 4) is 0 Å². The monoisotopic (exact) mass is 421 g/mol. The van der Waals surface area contributed by atoms with E-state index in [9.17, 15) is 0 Å². The molecule has 1 atom stereocenters. The molecule has 0 aliphatic carbocycles. The summed E-state index contributed by atoms with van der Waals surface area (Å²) in [6, 6.07) is 7.59. The molecule has 3 saturated heterocycles. The lowest BCUT2D eigenvalue weighted by Gasteiger charge is -2.32. The van der Waals surface area contributed by atoms with Crippen LogP contribution < -0.4 is 5.46 Å². The summed E-state index contributed by atoms with van der Waals surface area (Å²) < 4.78 is 18.3. The van der Waals surface area contributed by atoms with E-state index in [1.165, 1.54) is 30.5 Å². The quantitative estimate of drug-likeness (QED) is 0.679. The Morgan fingerprint density at radius 1 is 1.03 bits per heavy atom. The van der Waals surface area contributed by atoms with Crippen LogP contribution in [0.15, 0.2) is 18.2 Å². The minimum Gasteiger partial charge on any atom is -0.399 e. The second-order valence-corrected chi connectivity index (χ2v) is 9.89. The van der Waals surface area contributed by atoms with E-state index in [4.69, 9.17) is 14.0 Å². The maximum Gasteiger partial charge on any atom is 0.494 e. The van der Waals surface area contributed by atoms with E-state index >= 15 is 0 Å². The second-order valence-electron chi connectivity index (χ2n) is 9.89. The van der Waals surface area contributed by atoms with Crippen LogP contribution in [0.4, 0.5) is 0 Å². The lowest BCUT2D eigenvalue weighted by molar-refractivity contribution is 0.00578. The molecule has 0 amide bonds. The van der Waals surface area contributed by atoms with Gasteiger partial charge in [0.05, 0.1) is 11.2 Å². The van der Waals surface area contributed by atoms with Crippen LogP contribution in [0.2, 0.25) is 0 Å². The van der Waals surface area contributed by atoms with Crippen molar-refractivity contribution in [3.63, 3.8) is 0 Å². The molecule has 29 heavy (non-hydrogen) atoms. The van der Waals surface area contributed by atoms with E-state index in [-0.39, 0.29) is 30.7 Å². The van der Waals surface area contributed by atoms with Gasteiger partial charge in [-0.1, -0.05) is 18.2 Å². The highest BCUT2D eigenvalue weighted by molar-refractivity contribution is 6.62. The minimum atomic E-state index is -0.305. The Balaban J connectivity index is 0.00000240. The zero-order valence-corrected chi connectivity index (χ0v) is 19.5. The van der Waals surface area contributed by atoms with Gasteiger partial charge in [-0.25, -0.2) is 0 Å². The van der Waals surface area contributed by atoms with Crippen molar-refractivity contribution < 1.29 is 14.0 Å². The van der Waals surface area contributed by atoms with Gasteiger partial charge in [-0.3, -0.25) is 4.90 Å². The summed E-state index contributed by atoms with van der Waals surface area (Å²) >= 11 is 0. The zero-order valence-electron chi connectivity index (χ0n) is 18.7. The van der Waals surface area contributed by atoms with Gasteiger partial charge < -0.3 is 14.0 Å². The van der Waals surface area contributed by atoms with E-state index in [0.29, 0.717) is 12.0 Å². The van der Waals surface area contributed by atoms with Gasteiger partial charge >= 0.3 is 7.12 Å². The SMILES string of the molecule is CC1CCCN1Cc1cc(B2OC(C)(C)C(C)(C)O2)ccc1C1CCOCC1.Cl. The van der Waals surface area contributed by atoms with Crippen molar-refractivity contribution in [1.82, 2.24) is 4.90 Å². The molecule has 6 heteroatoms. The molecule has 162 valence electrons. The molecule has 4 nitrogen and oxygen atoms in total. The van der Waals surface area contributed by atoms with Gasteiger partial charge in [0.2, 0.25) is 0 Å². The summed E-state index contributed by atoms with van der Waals surface area (Å²) in [5.41, 5.74) is 3.49. The van der Waals surface area contributed by atoms with Gasteiger partial charge in [0, 0.05) is 25.8 Å². The average Bonchev–Trinajstić information content (AvgIpc) is 3.15. The molecular weight excluding hydrogens is 385 g/mol. The summed E-state index contributed by atoms with van der Waals surface area (Å²) in [4.78, 5) is 2.63. The maximum atomic E-state index is 6.33. The molecule has 0 aromatic heterocycles. The summed E-state index contributed by atoms with van der Waals surface area (Å²) in [6.07, 6.45) is 4.87. The van der Waals surface area contributed by atoms with Crippen molar-refractivity contribution in [1.29, 1.82) is 0 Å². The van der Waals surface area contributed by atoms with Crippen LogP contribution in [0.1, 0.15) is 77.3 Å². The van der Waals surface area contributed by atoms with Crippen LogP contribution in [-0.4, -0.2) is 49.0 Å². The highest BCUT2D eigenvalue weighted by Crippen LogP contribution is 2.37. The molecule has 0 spiro atoms. The Morgan fingerprint density at radius 2 is 1.69 bits per heavy atom. The van der Waals surface area contributed by atoms with Crippen LogP contribution in [0.3, 0.4) is 0 Å². The molecule has 0 saturated carbocycles. The number of hydrogen-bond acceptors (Lipinski definition) is 4. The Bertz CT molecular complexity index is 689. The molecular formula is C23H37BClNO3. The van der Waals surface area contributed by atoms with Crippen LogP contribution in [0, 0.1) is 0 Å². The molecule has 3 heterocycles. The molecule has 3 fully saturated rings. The number of benzene rings is 1. The topological polar surface area (TPSA) is 30.9 Å². The van der Waals surface area contributed by atoms with E-state index < -0.39 is 0 Å². The number of nitrogens with zero attached hydrogens (tertiary/aromatic N) is 1. The highest BCUT2D eigenvalue weighted by Gasteiger charge is 2.51. The molecule has 0 N–H and O–H groups in total. The Labute approximate surface area is 183 Å². The normalized spacial score (nSPS) is 27.2. The van der Waals surface area contributed by atoms with Gasteiger partial charge in [0.1, 0.15) is 0 Å². The third-order valence-electron chi connectivity index (χ3n) is 7.42. The lowest BCUT2D eigenvalue weighted by Crippen LogP contribution is -2.41. The fraction of sp³-hybridized carbons (Fsp3) is 0.739. The number of halogens is 1. The lowest BCUT2D eigenvalue weighted by atomic mass is 9.76. The van der Waals surface area contributed by atoms with Crippen molar-refractivity contribution in [2.24, 2.45) is 0 Å². The standard InChI is InChI=1S/C23H36BNO3.ClH/c1-17-7-6-12-25(17)16-19-15-20(24-27-22(2,3)23(4,5)28-24)8-9-21(19)18-10-13-26-14-11-18;/h8-9,15,17-18H,6-7,10-14,16H2,1-5H3;1H. The minimum absolute atomic E-state index is 0. The van der Waals surface area contributed by atoms with E-state index in [1.54, 1.807) is 0 Å². The summed E-state index contributed by atoms with van der Waals surface area (Å²) in [6.45, 7) is 14.8. The molecule has 1 aromatic rings. The van der Waals surface area contributed by atoms with Gasteiger partial charge in [-0.05, 0) is 89.4 Å². The van der Waals surface area contributed by atoms with Gasteiger partial charge in [-0.2, -0.15) is 0 Å². The van der Waals surface area contributed by atoms with E-state index in [0.717, 1.165) is 38.1 Å². The third-order valence-corrected chi connectivity index (χ3v) is 7.42. The predicted octanol–water partition coefficient (Wildman–Crippen LogP) is 4.29. The number of likely N-dealkylation sites (tertiary alicyclic amines) is 1. The second kappa shape index (κ2) is 8.88. The molecule has 0 radical (unpaired) electrons. The fourth-order valence-corrected chi connectivity index (χ4v) is 4.74. The maximum absolute atomic E-state index is 6.33. The Hall–Kier alpha value is -0.585. The van der Waals surface area contributed by atoms with Crippen molar-refractivity contribution in [2.75, 3.05) is 19.8 Å². The van der Waals surface area contributed by atoms with Crippen LogP contribution in [0.5, 0.6) is 0 Å². The first-order chi connectivity index (χ1) is 13.3. The molecule has 3 aliphatic heterocycles. The fourth-order valence-electron chi connectivity index (χ4n) is 4.74. The van der Waals surface area contributed by atoms with Gasteiger partial charge in [0.25, 0.3) is 0 Å². The Kier molecular flexibility index (Phi) is 7.07. The summed E-state index contributed by atoms with van der Waals surface area (Å²) in [7, 11) is -0.288. The van der Waals surface area contributed by atoms with Crippen LogP contribution in [-0.2, 0) is 20.6 Å². The first-order valence-corrected chi connectivity index (χ1v) is 11.1. The van der Waals surface area contributed by atoms with Crippen molar-refractivity contribution in [2.45, 2.75) is 90.0 Å². The van der Waals surface area contributed by atoms with Crippen LogP contribution >= 0.6 is 12.4 Å². The van der Waals surface area contributed by atoms with Crippen molar-refractivity contribution >= 4 is 25.0 Å². The average molecular weight is 422 g/mol. The molecule has 1 aromatic carbocycles. The zero-order chi connectivity index (χ0) is 19.9. The number of hydrogen-bond donors (Lipinski definition) is 0. The van der Waals surface area contributed by atoms with Crippen molar-refractivity contribution in [3.05, 3.63) is 29.3 Å². The Morgan fingerprint density at radius 3 is 2.28 bits per heavy atom.